The summed E-state index contributed by atoms with van der Waals surface area (Å²) in [5.74, 6) is 0.579. The van der Waals surface area contributed by atoms with E-state index in [9.17, 15) is 19.2 Å². The molecule has 2 aromatic carbocycles. The van der Waals surface area contributed by atoms with Crippen LogP contribution < -0.4 is 35.6 Å². The van der Waals surface area contributed by atoms with E-state index in [4.69, 9.17) is 18.9 Å². The van der Waals surface area contributed by atoms with Crippen molar-refractivity contribution in [2.75, 3.05) is 45.1 Å². The molecule has 1 aromatic heterocycles. The van der Waals surface area contributed by atoms with Gasteiger partial charge in [0, 0.05) is 30.8 Å². The number of unbranched alkanes of at least 4 members (excludes halogenated alkanes) is 2. The van der Waals surface area contributed by atoms with Gasteiger partial charge in [-0.05, 0) is 67.5 Å². The fourth-order valence-corrected chi connectivity index (χ4v) is 6.17. The van der Waals surface area contributed by atoms with Crippen molar-refractivity contribution < 1.29 is 33.3 Å². The Balaban J connectivity index is 1.45. The van der Waals surface area contributed by atoms with Crippen molar-refractivity contribution in [3.05, 3.63) is 56.7 Å². The van der Waals surface area contributed by atoms with Gasteiger partial charge in [-0.1, -0.05) is 12.5 Å². The average molecular weight is 653 g/mol. The van der Waals surface area contributed by atoms with Crippen LogP contribution in [0.25, 0.3) is 11.1 Å². The predicted molar refractivity (Wildman–Crippen MR) is 176 cm³/mol. The Labute approximate surface area is 271 Å². The summed E-state index contributed by atoms with van der Waals surface area (Å²) in [6.45, 7) is 3.96. The maximum absolute atomic E-state index is 13.4. The molecule has 0 fully saturated rings. The number of fused-ring (bicyclic) bond motifs is 3. The lowest BCUT2D eigenvalue weighted by Gasteiger charge is -2.19. The highest BCUT2D eigenvalue weighted by Gasteiger charge is 2.29. The molecule has 0 saturated carbocycles. The molecule has 2 amide bonds. The molecule has 1 atom stereocenters. The molecule has 1 heterocycles. The Hall–Kier alpha value is -4.65. The van der Waals surface area contributed by atoms with Gasteiger partial charge in [-0.3, -0.25) is 14.4 Å². The smallest absolute Gasteiger partial charge is 0.357 e. The van der Waals surface area contributed by atoms with E-state index in [0.29, 0.717) is 65.9 Å². The fraction of sp³-hybridized carbons (Fsp3) is 0.424. The quantitative estimate of drug-likeness (QED) is 0.158. The highest BCUT2D eigenvalue weighted by atomic mass is 32.1. The first-order chi connectivity index (χ1) is 22.2. The van der Waals surface area contributed by atoms with Gasteiger partial charge in [0.1, 0.15) is 0 Å². The largest absolute Gasteiger partial charge is 0.493 e. The number of carbonyl (C=O) groups excluding carboxylic acids is 3. The Morgan fingerprint density at radius 3 is 2.50 bits per heavy atom. The van der Waals surface area contributed by atoms with Crippen molar-refractivity contribution in [2.45, 2.75) is 58.4 Å². The standard InChI is InChI=1S/C33H40N4O8S/c1-6-45-32(41)25-18-46-33(36-25)37-28(40)10-8-7-9-15-34-24-14-12-21-22(17-26(24)39)23(35-19(2)38)13-11-20-16-27(42-3)30(43-4)31(44-5)29(20)21/h12,14,16-18,23H,6-11,13,15H2,1-5H3,(H,34,39)(H,35,38)(H,36,37,40). The zero-order chi connectivity index (χ0) is 33.2. The summed E-state index contributed by atoms with van der Waals surface area (Å²) in [7, 11) is 4.67. The number of rotatable bonds is 14. The van der Waals surface area contributed by atoms with Crippen LogP contribution in [0.5, 0.6) is 17.2 Å². The van der Waals surface area contributed by atoms with Crippen LogP contribution in [0.2, 0.25) is 0 Å². The van der Waals surface area contributed by atoms with Gasteiger partial charge in [-0.15, -0.1) is 11.3 Å². The van der Waals surface area contributed by atoms with Crippen LogP contribution in [0.3, 0.4) is 0 Å². The second-order valence-electron chi connectivity index (χ2n) is 10.6. The Kier molecular flexibility index (Phi) is 12.0. The van der Waals surface area contributed by atoms with Crippen LogP contribution in [0.15, 0.2) is 34.4 Å². The average Bonchev–Trinajstić information content (AvgIpc) is 3.38. The van der Waals surface area contributed by atoms with Gasteiger partial charge in [-0.25, -0.2) is 9.78 Å². The predicted octanol–water partition coefficient (Wildman–Crippen LogP) is 5.11. The molecular formula is C33H40N4O8S. The van der Waals surface area contributed by atoms with E-state index in [2.05, 4.69) is 20.9 Å². The van der Waals surface area contributed by atoms with Crippen molar-refractivity contribution in [1.82, 2.24) is 10.3 Å². The van der Waals surface area contributed by atoms with Crippen molar-refractivity contribution in [2.24, 2.45) is 0 Å². The molecule has 0 spiro atoms. The number of amides is 2. The molecule has 0 bridgehead atoms. The maximum Gasteiger partial charge on any atom is 0.357 e. The number of methoxy groups -OCH3 is 3. The van der Waals surface area contributed by atoms with Crippen molar-refractivity contribution in [3.8, 4) is 28.4 Å². The molecule has 0 saturated heterocycles. The van der Waals surface area contributed by atoms with Gasteiger partial charge in [0.15, 0.2) is 22.3 Å². The van der Waals surface area contributed by atoms with E-state index in [1.807, 2.05) is 12.1 Å². The lowest BCUT2D eigenvalue weighted by Crippen LogP contribution is -2.26. The summed E-state index contributed by atoms with van der Waals surface area (Å²) in [4.78, 5) is 53.8. The summed E-state index contributed by atoms with van der Waals surface area (Å²) in [6.07, 6.45) is 3.63. The van der Waals surface area contributed by atoms with Crippen LogP contribution in [0.1, 0.15) is 73.6 Å². The number of ether oxygens (including phenoxy) is 4. The molecule has 0 aliphatic heterocycles. The molecule has 3 N–H and O–H groups in total. The van der Waals surface area contributed by atoms with E-state index in [1.54, 1.807) is 45.8 Å². The number of aromatic nitrogens is 1. The molecule has 4 rings (SSSR count). The third-order valence-corrected chi connectivity index (χ3v) is 8.30. The molecular weight excluding hydrogens is 612 g/mol. The zero-order valence-corrected chi connectivity index (χ0v) is 27.6. The van der Waals surface area contributed by atoms with E-state index < -0.39 is 5.97 Å². The van der Waals surface area contributed by atoms with Crippen LogP contribution in [0.4, 0.5) is 10.8 Å². The number of hydrogen-bond donors (Lipinski definition) is 3. The van der Waals surface area contributed by atoms with E-state index in [-0.39, 0.29) is 35.6 Å². The Morgan fingerprint density at radius 1 is 1.02 bits per heavy atom. The molecule has 1 aliphatic rings. The van der Waals surface area contributed by atoms with Gasteiger partial charge < -0.3 is 34.9 Å². The van der Waals surface area contributed by atoms with Crippen molar-refractivity contribution >= 4 is 39.9 Å². The van der Waals surface area contributed by atoms with Crippen molar-refractivity contribution in [3.63, 3.8) is 0 Å². The third-order valence-electron chi connectivity index (χ3n) is 7.55. The maximum atomic E-state index is 13.4. The first kappa shape index (κ1) is 34.2. The normalized spacial score (nSPS) is 13.4. The van der Waals surface area contributed by atoms with Gasteiger partial charge in [0.25, 0.3) is 0 Å². The summed E-state index contributed by atoms with van der Waals surface area (Å²) in [5, 5.41) is 10.9. The fourth-order valence-electron chi connectivity index (χ4n) is 5.48. The van der Waals surface area contributed by atoms with Crippen LogP contribution in [-0.4, -0.2) is 57.2 Å². The number of hydrogen-bond acceptors (Lipinski definition) is 11. The minimum atomic E-state index is -0.520. The number of anilines is 2. The molecule has 13 heteroatoms. The number of nitrogens with one attached hydrogen (secondary N) is 3. The zero-order valence-electron chi connectivity index (χ0n) is 26.7. The molecule has 0 radical (unpaired) electrons. The summed E-state index contributed by atoms with van der Waals surface area (Å²) >= 11 is 1.17. The topological polar surface area (TPSA) is 154 Å². The van der Waals surface area contributed by atoms with Gasteiger partial charge in [0.2, 0.25) is 23.0 Å². The number of esters is 1. The SMILES string of the molecule is CCOC(=O)c1csc(NC(=O)CCCCCNc2ccc3c(cc2=O)C(NC(C)=O)CCc2cc(OC)c(OC)c(OC)c2-3)n1. The van der Waals surface area contributed by atoms with E-state index in [0.717, 1.165) is 29.5 Å². The van der Waals surface area contributed by atoms with Gasteiger partial charge in [0.05, 0.1) is 39.7 Å². The molecule has 46 heavy (non-hydrogen) atoms. The molecule has 1 aliphatic carbocycles. The summed E-state index contributed by atoms with van der Waals surface area (Å²) in [6, 6.07) is 6.74. The minimum Gasteiger partial charge on any atom is -0.493 e. The highest BCUT2D eigenvalue weighted by Crippen LogP contribution is 2.50. The number of thiazole rings is 1. The number of benzene rings is 1. The van der Waals surface area contributed by atoms with E-state index >= 15 is 0 Å². The number of carbonyl (C=O) groups is 3. The van der Waals surface area contributed by atoms with Crippen LogP contribution >= 0.6 is 11.3 Å². The van der Waals surface area contributed by atoms with Gasteiger partial charge in [-0.2, -0.15) is 0 Å². The van der Waals surface area contributed by atoms with Crippen LogP contribution in [-0.2, 0) is 20.7 Å². The van der Waals surface area contributed by atoms with Gasteiger partial charge >= 0.3 is 5.97 Å². The Bertz CT molecular complexity index is 1640. The van der Waals surface area contributed by atoms with Crippen LogP contribution in [0, 0.1) is 0 Å². The second-order valence-corrected chi connectivity index (χ2v) is 11.5. The molecule has 246 valence electrons. The second kappa shape index (κ2) is 16.1. The lowest BCUT2D eigenvalue weighted by atomic mass is 9.95. The monoisotopic (exact) mass is 652 g/mol. The van der Waals surface area contributed by atoms with E-state index in [1.165, 1.54) is 18.3 Å². The summed E-state index contributed by atoms with van der Waals surface area (Å²) < 4.78 is 22.0. The Morgan fingerprint density at radius 2 is 1.80 bits per heavy atom. The number of nitrogens with zero attached hydrogens (tertiary/aromatic N) is 1. The van der Waals surface area contributed by atoms with Crippen molar-refractivity contribution in [1.29, 1.82) is 0 Å². The number of aryl methyl sites for hydroxylation is 1. The third kappa shape index (κ3) is 8.13. The highest BCUT2D eigenvalue weighted by molar-refractivity contribution is 7.14. The lowest BCUT2D eigenvalue weighted by molar-refractivity contribution is -0.119. The minimum absolute atomic E-state index is 0.172. The molecule has 3 aromatic rings. The summed E-state index contributed by atoms with van der Waals surface area (Å²) in [5.41, 5.74) is 3.59. The molecule has 12 nitrogen and oxygen atoms in total. The first-order valence-corrected chi connectivity index (χ1v) is 16.0. The molecule has 1 unspecified atom stereocenters. The first-order valence-electron chi connectivity index (χ1n) is 15.1.